The third kappa shape index (κ3) is 6.06. The molecule has 1 aromatic rings. The first-order chi connectivity index (χ1) is 14.7. The number of ether oxygens (including phenoxy) is 4. The highest BCUT2D eigenvalue weighted by Crippen LogP contribution is 2.40. The number of nitrogens with one attached hydrogen (secondary N) is 1. The lowest BCUT2D eigenvalue weighted by atomic mass is 9.89. The van der Waals surface area contributed by atoms with Gasteiger partial charge in [-0.05, 0) is 81.6 Å². The average molecular weight is 416 g/mol. The summed E-state index contributed by atoms with van der Waals surface area (Å²) in [5.74, 6) is 1.56. The van der Waals surface area contributed by atoms with Crippen molar-refractivity contribution in [1.29, 1.82) is 0 Å². The molecule has 0 bridgehead atoms. The SMILES string of the molecule is C/C=C(/Oc1ccc(C2CC2)cc1)C(=O)NC1CC(OCCOC2CCCCO2)C1. The summed E-state index contributed by atoms with van der Waals surface area (Å²) in [5, 5.41) is 3.04. The highest BCUT2D eigenvalue weighted by atomic mass is 16.7. The number of allylic oxidation sites excluding steroid dienone is 1. The highest BCUT2D eigenvalue weighted by molar-refractivity contribution is 5.92. The van der Waals surface area contributed by atoms with E-state index in [1.165, 1.54) is 24.8 Å². The molecule has 1 aromatic carbocycles. The van der Waals surface area contributed by atoms with Crippen LogP contribution in [0.5, 0.6) is 5.75 Å². The minimum absolute atomic E-state index is 0.0695. The lowest BCUT2D eigenvalue weighted by Gasteiger charge is -2.35. The van der Waals surface area contributed by atoms with Crippen LogP contribution >= 0.6 is 0 Å². The average Bonchev–Trinajstić information content (AvgIpc) is 3.59. The summed E-state index contributed by atoms with van der Waals surface area (Å²) < 4.78 is 22.8. The molecule has 3 aliphatic rings. The predicted molar refractivity (Wildman–Crippen MR) is 113 cm³/mol. The van der Waals surface area contributed by atoms with Gasteiger partial charge < -0.3 is 24.3 Å². The molecule has 6 heteroatoms. The van der Waals surface area contributed by atoms with Crippen LogP contribution in [0.25, 0.3) is 0 Å². The van der Waals surface area contributed by atoms with Crippen molar-refractivity contribution in [1.82, 2.24) is 5.32 Å². The van der Waals surface area contributed by atoms with Crippen LogP contribution in [-0.2, 0) is 19.0 Å². The Morgan fingerprint density at radius 3 is 2.53 bits per heavy atom. The fourth-order valence-electron chi connectivity index (χ4n) is 3.90. The molecule has 1 atom stereocenters. The summed E-state index contributed by atoms with van der Waals surface area (Å²) in [6, 6.07) is 8.20. The summed E-state index contributed by atoms with van der Waals surface area (Å²) in [6.45, 7) is 3.72. The molecule has 0 aromatic heterocycles. The van der Waals surface area contributed by atoms with Gasteiger partial charge in [0.1, 0.15) is 5.75 Å². The Hall–Kier alpha value is -1.89. The van der Waals surface area contributed by atoms with E-state index in [1.54, 1.807) is 6.08 Å². The van der Waals surface area contributed by atoms with E-state index < -0.39 is 0 Å². The Balaban J connectivity index is 1.11. The third-order valence-electron chi connectivity index (χ3n) is 5.95. The topological polar surface area (TPSA) is 66.0 Å². The summed E-state index contributed by atoms with van der Waals surface area (Å²) in [7, 11) is 0. The minimum atomic E-state index is -0.176. The van der Waals surface area contributed by atoms with Gasteiger partial charge in [-0.15, -0.1) is 0 Å². The van der Waals surface area contributed by atoms with E-state index in [-0.39, 0.29) is 24.3 Å². The monoisotopic (exact) mass is 415 g/mol. The quantitative estimate of drug-likeness (QED) is 0.355. The number of rotatable bonds is 10. The molecule has 2 saturated carbocycles. The van der Waals surface area contributed by atoms with Crippen molar-refractivity contribution in [3.63, 3.8) is 0 Å². The molecule has 4 rings (SSSR count). The molecule has 30 heavy (non-hydrogen) atoms. The summed E-state index contributed by atoms with van der Waals surface area (Å²) >= 11 is 0. The molecule has 3 fully saturated rings. The van der Waals surface area contributed by atoms with Gasteiger partial charge in [-0.2, -0.15) is 0 Å². The molecule has 6 nitrogen and oxygen atoms in total. The van der Waals surface area contributed by atoms with Crippen molar-refractivity contribution >= 4 is 5.91 Å². The van der Waals surface area contributed by atoms with Crippen molar-refractivity contribution < 1.29 is 23.7 Å². The van der Waals surface area contributed by atoms with Gasteiger partial charge in [0.05, 0.1) is 19.3 Å². The maximum absolute atomic E-state index is 12.5. The van der Waals surface area contributed by atoms with Crippen molar-refractivity contribution in [3.05, 3.63) is 41.7 Å². The van der Waals surface area contributed by atoms with E-state index in [0.717, 1.165) is 32.3 Å². The van der Waals surface area contributed by atoms with E-state index in [2.05, 4.69) is 17.4 Å². The first-order valence-corrected chi connectivity index (χ1v) is 11.3. The van der Waals surface area contributed by atoms with Gasteiger partial charge in [0, 0.05) is 12.6 Å². The minimum Gasteiger partial charge on any atom is -0.452 e. The second kappa shape index (κ2) is 10.4. The molecule has 164 valence electrons. The standard InChI is InChI=1S/C24H33NO5/c1-2-22(30-20-10-8-18(9-11-20)17-6-7-17)24(26)25-19-15-21(16-19)27-13-14-29-23-5-3-4-12-28-23/h2,8-11,17,19,21,23H,3-7,12-16H2,1H3,(H,25,26)/b22-2+. The van der Waals surface area contributed by atoms with E-state index >= 15 is 0 Å². The molecule has 1 unspecified atom stereocenters. The molecule has 1 amide bonds. The fraction of sp³-hybridized carbons (Fsp3) is 0.625. The zero-order valence-electron chi connectivity index (χ0n) is 17.8. The van der Waals surface area contributed by atoms with Gasteiger partial charge >= 0.3 is 0 Å². The van der Waals surface area contributed by atoms with Crippen molar-refractivity contribution in [3.8, 4) is 5.75 Å². The van der Waals surface area contributed by atoms with Gasteiger partial charge in [-0.25, -0.2) is 0 Å². The molecular formula is C24H33NO5. The predicted octanol–water partition coefficient (Wildman–Crippen LogP) is 4.05. The fourth-order valence-corrected chi connectivity index (χ4v) is 3.90. The van der Waals surface area contributed by atoms with Crippen LogP contribution in [0.2, 0.25) is 0 Å². The van der Waals surface area contributed by atoms with Gasteiger partial charge in [-0.1, -0.05) is 12.1 Å². The Labute approximate surface area is 178 Å². The number of hydrogen-bond donors (Lipinski definition) is 1. The van der Waals surface area contributed by atoms with E-state index in [1.807, 2.05) is 19.1 Å². The first-order valence-electron chi connectivity index (χ1n) is 11.3. The molecule has 1 saturated heterocycles. The first kappa shape index (κ1) is 21.3. The van der Waals surface area contributed by atoms with Crippen LogP contribution < -0.4 is 10.1 Å². The van der Waals surface area contributed by atoms with Gasteiger partial charge in [-0.3, -0.25) is 4.79 Å². The second-order valence-electron chi connectivity index (χ2n) is 8.40. The van der Waals surface area contributed by atoms with Gasteiger partial charge in [0.2, 0.25) is 0 Å². The van der Waals surface area contributed by atoms with Crippen molar-refractivity contribution in [2.24, 2.45) is 0 Å². The highest BCUT2D eigenvalue weighted by Gasteiger charge is 2.32. The lowest BCUT2D eigenvalue weighted by Crippen LogP contribution is -2.48. The number of hydrogen-bond acceptors (Lipinski definition) is 5. The van der Waals surface area contributed by atoms with Crippen LogP contribution in [-0.4, -0.2) is 44.2 Å². The largest absolute Gasteiger partial charge is 0.452 e. The lowest BCUT2D eigenvalue weighted by molar-refractivity contribution is -0.174. The van der Waals surface area contributed by atoms with E-state index in [4.69, 9.17) is 18.9 Å². The molecular weight excluding hydrogens is 382 g/mol. The molecule has 0 radical (unpaired) electrons. The summed E-state index contributed by atoms with van der Waals surface area (Å²) in [5.41, 5.74) is 1.35. The Morgan fingerprint density at radius 2 is 1.87 bits per heavy atom. The molecule has 2 aliphatic carbocycles. The number of benzene rings is 1. The van der Waals surface area contributed by atoms with E-state index in [9.17, 15) is 4.79 Å². The van der Waals surface area contributed by atoms with E-state index in [0.29, 0.717) is 30.6 Å². The number of amides is 1. The molecule has 1 heterocycles. The van der Waals surface area contributed by atoms with Crippen LogP contribution in [0.15, 0.2) is 36.1 Å². The Kier molecular flexibility index (Phi) is 7.42. The van der Waals surface area contributed by atoms with Crippen LogP contribution in [0.3, 0.4) is 0 Å². The maximum Gasteiger partial charge on any atom is 0.286 e. The van der Waals surface area contributed by atoms with Crippen LogP contribution in [0.1, 0.15) is 63.4 Å². The Morgan fingerprint density at radius 1 is 1.10 bits per heavy atom. The van der Waals surface area contributed by atoms with Crippen LogP contribution in [0, 0.1) is 0 Å². The summed E-state index contributed by atoms with van der Waals surface area (Å²) in [4.78, 5) is 12.5. The Bertz CT molecular complexity index is 716. The third-order valence-corrected chi connectivity index (χ3v) is 5.95. The second-order valence-corrected chi connectivity index (χ2v) is 8.40. The van der Waals surface area contributed by atoms with Crippen molar-refractivity contribution in [2.45, 2.75) is 76.2 Å². The maximum atomic E-state index is 12.5. The number of carbonyl (C=O) groups is 1. The molecule has 1 N–H and O–H groups in total. The summed E-state index contributed by atoms with van der Waals surface area (Å²) in [6.07, 6.45) is 9.26. The molecule has 1 aliphatic heterocycles. The number of carbonyl (C=O) groups excluding carboxylic acids is 1. The van der Waals surface area contributed by atoms with Crippen LogP contribution in [0.4, 0.5) is 0 Å². The smallest absolute Gasteiger partial charge is 0.286 e. The molecule has 0 spiro atoms. The zero-order chi connectivity index (χ0) is 20.8. The normalized spacial score (nSPS) is 26.7. The van der Waals surface area contributed by atoms with Crippen molar-refractivity contribution in [2.75, 3.05) is 19.8 Å². The van der Waals surface area contributed by atoms with Gasteiger partial charge in [0.15, 0.2) is 12.0 Å². The zero-order valence-corrected chi connectivity index (χ0v) is 17.8. The van der Waals surface area contributed by atoms with Gasteiger partial charge in [0.25, 0.3) is 5.91 Å².